The summed E-state index contributed by atoms with van der Waals surface area (Å²) in [7, 11) is 0. The molecule has 5 heavy (non-hydrogen) atoms. The molecule has 0 aliphatic heterocycles. The number of halogens is 1. The van der Waals surface area contributed by atoms with Gasteiger partial charge in [0.25, 0.3) is 0 Å². The molecule has 0 spiro atoms. The normalized spacial score (nSPS) is 12.0. The van der Waals surface area contributed by atoms with Crippen LogP contribution in [0.15, 0.2) is 0 Å². The minimum absolute atomic E-state index is 0.639. The zero-order valence-corrected chi connectivity index (χ0v) is 5.32. The van der Waals surface area contributed by atoms with E-state index in [4.69, 9.17) is 11.6 Å². The van der Waals surface area contributed by atoms with Gasteiger partial charge in [-0.05, 0) is 6.92 Å². The molecule has 0 aromatic carbocycles. The summed E-state index contributed by atoms with van der Waals surface area (Å²) in [6, 6.07) is 0. The lowest BCUT2D eigenvalue weighted by molar-refractivity contribution is 1.33. The number of hydrogen-bond acceptors (Lipinski definition) is 2. The largest absolute Gasteiger partial charge is 0.146 e. The third kappa shape index (κ3) is 45.5. The molecule has 0 unspecified atom stereocenters. The molecule has 0 nitrogen and oxygen atoms in total. The summed E-state index contributed by atoms with van der Waals surface area (Å²) < 4.78 is -0.639. The average Bonchev–Trinajstić information content (AvgIpc) is 0.722. The van der Waals surface area contributed by atoms with Crippen molar-refractivity contribution in [3.63, 3.8) is 0 Å². The highest BCUT2D eigenvalue weighted by Crippen LogP contribution is 2.21. The van der Waals surface area contributed by atoms with Crippen LogP contribution in [0.5, 0.6) is 0 Å². The molecule has 3 heteroatoms. The van der Waals surface area contributed by atoms with Gasteiger partial charge < -0.3 is 0 Å². The van der Waals surface area contributed by atoms with E-state index in [1.165, 1.54) is 0 Å². The SMILES string of the molecule is CC(S)(S)Cl. The molecule has 0 heterocycles. The maximum Gasteiger partial charge on any atom is 0.127 e. The molecule has 0 N–H and O–H groups in total. The van der Waals surface area contributed by atoms with Gasteiger partial charge in [-0.3, -0.25) is 0 Å². The third-order valence-corrected chi connectivity index (χ3v) is 0. The Morgan fingerprint density at radius 1 is 1.60 bits per heavy atom. The van der Waals surface area contributed by atoms with Crippen molar-refractivity contribution < 1.29 is 0 Å². The van der Waals surface area contributed by atoms with E-state index in [9.17, 15) is 0 Å². The second-order valence-electron chi connectivity index (χ2n) is 0.905. The van der Waals surface area contributed by atoms with Gasteiger partial charge in [0, 0.05) is 0 Å². The van der Waals surface area contributed by atoms with E-state index in [0.29, 0.717) is 0 Å². The highest BCUT2D eigenvalue weighted by Gasteiger charge is 2.02. The second-order valence-corrected chi connectivity index (χ2v) is 4.33. The van der Waals surface area contributed by atoms with Gasteiger partial charge in [0.1, 0.15) is 3.54 Å². The minimum atomic E-state index is -0.639. The Morgan fingerprint density at radius 2 is 1.60 bits per heavy atom. The molecular formula is C2H5ClS2. The molecule has 0 atom stereocenters. The molecule has 0 aliphatic carbocycles. The zero-order valence-electron chi connectivity index (χ0n) is 2.77. The van der Waals surface area contributed by atoms with Crippen LogP contribution in [0, 0.1) is 0 Å². The second kappa shape index (κ2) is 1.63. The van der Waals surface area contributed by atoms with Crippen molar-refractivity contribution in [1.82, 2.24) is 0 Å². The van der Waals surface area contributed by atoms with Crippen molar-refractivity contribution in [2.75, 3.05) is 0 Å². The van der Waals surface area contributed by atoms with E-state index in [1.807, 2.05) is 0 Å². The van der Waals surface area contributed by atoms with Crippen LogP contribution in [0.4, 0.5) is 0 Å². The quantitative estimate of drug-likeness (QED) is 0.277. The first-order chi connectivity index (χ1) is 2.00. The van der Waals surface area contributed by atoms with Gasteiger partial charge in [0.2, 0.25) is 0 Å². The van der Waals surface area contributed by atoms with Crippen LogP contribution in [0.2, 0.25) is 0 Å². The standard InChI is InChI=1S/C2H5ClS2/c1-2(3,4)5/h4-5H,1H3. The summed E-state index contributed by atoms with van der Waals surface area (Å²) in [6.07, 6.45) is 0. The Hall–Kier alpha value is 0.990. The van der Waals surface area contributed by atoms with E-state index in [-0.39, 0.29) is 0 Å². The Labute approximate surface area is 47.7 Å². The number of rotatable bonds is 0. The molecule has 0 bridgehead atoms. The lowest BCUT2D eigenvalue weighted by Crippen LogP contribution is -1.88. The average molecular weight is 129 g/mol. The molecule has 0 aromatic rings. The Bertz CT molecular complexity index is 23.1. The van der Waals surface area contributed by atoms with Gasteiger partial charge in [-0.2, -0.15) is 0 Å². The molecule has 0 aliphatic rings. The highest BCUT2D eigenvalue weighted by molar-refractivity contribution is 8.02. The summed E-state index contributed by atoms with van der Waals surface area (Å²) in [5.41, 5.74) is 0. The molecule has 0 fully saturated rings. The summed E-state index contributed by atoms with van der Waals surface area (Å²) in [4.78, 5) is 0. The molecule has 32 valence electrons. The molecule has 0 saturated carbocycles. The Kier molecular flexibility index (Phi) is 1.95. The lowest BCUT2D eigenvalue weighted by Gasteiger charge is -1.99. The van der Waals surface area contributed by atoms with Crippen molar-refractivity contribution in [3.8, 4) is 0 Å². The van der Waals surface area contributed by atoms with Crippen molar-refractivity contribution in [1.29, 1.82) is 0 Å². The van der Waals surface area contributed by atoms with Crippen molar-refractivity contribution in [2.24, 2.45) is 0 Å². The van der Waals surface area contributed by atoms with Gasteiger partial charge in [-0.1, -0.05) is 11.6 Å². The van der Waals surface area contributed by atoms with Crippen LogP contribution in [-0.2, 0) is 0 Å². The molecule has 0 amide bonds. The van der Waals surface area contributed by atoms with E-state index in [2.05, 4.69) is 25.3 Å². The van der Waals surface area contributed by atoms with Gasteiger partial charge in [-0.25, -0.2) is 0 Å². The van der Waals surface area contributed by atoms with Gasteiger partial charge in [0.05, 0.1) is 0 Å². The van der Waals surface area contributed by atoms with Crippen molar-refractivity contribution in [3.05, 3.63) is 0 Å². The van der Waals surface area contributed by atoms with Gasteiger partial charge in [0.15, 0.2) is 0 Å². The Balaban J connectivity index is 3.02. The summed E-state index contributed by atoms with van der Waals surface area (Å²) in [5.74, 6) is 0. The molecule has 0 aromatic heterocycles. The first-order valence-electron chi connectivity index (χ1n) is 1.14. The maximum absolute atomic E-state index is 5.26. The lowest BCUT2D eigenvalue weighted by atomic mass is 10.9. The fourth-order valence-corrected chi connectivity index (χ4v) is 0. The van der Waals surface area contributed by atoms with E-state index >= 15 is 0 Å². The fraction of sp³-hybridized carbons (Fsp3) is 1.00. The summed E-state index contributed by atoms with van der Waals surface area (Å²) >= 11 is 12.8. The first-order valence-corrected chi connectivity index (χ1v) is 2.41. The van der Waals surface area contributed by atoms with Gasteiger partial charge in [-0.15, -0.1) is 25.3 Å². The maximum atomic E-state index is 5.26. The zero-order chi connectivity index (χ0) is 4.50. The van der Waals surface area contributed by atoms with Crippen LogP contribution in [-0.4, -0.2) is 3.54 Å². The topological polar surface area (TPSA) is 0 Å². The number of thiol groups is 2. The predicted octanol–water partition coefficient (Wildman–Crippen LogP) is 1.76. The highest BCUT2D eigenvalue weighted by atomic mass is 35.5. The van der Waals surface area contributed by atoms with Crippen molar-refractivity contribution in [2.45, 2.75) is 10.5 Å². The van der Waals surface area contributed by atoms with Crippen LogP contribution in [0.1, 0.15) is 6.92 Å². The summed E-state index contributed by atoms with van der Waals surface area (Å²) in [6.45, 7) is 1.68. The monoisotopic (exact) mass is 128 g/mol. The van der Waals surface area contributed by atoms with Crippen LogP contribution in [0.25, 0.3) is 0 Å². The smallest absolute Gasteiger partial charge is 0.127 e. The van der Waals surface area contributed by atoms with Crippen molar-refractivity contribution >= 4 is 36.9 Å². The van der Waals surface area contributed by atoms with Gasteiger partial charge >= 0.3 is 0 Å². The fourth-order valence-electron chi connectivity index (χ4n) is 0. The van der Waals surface area contributed by atoms with E-state index in [0.717, 1.165) is 0 Å². The molecule has 0 radical (unpaired) electrons. The predicted molar refractivity (Wildman–Crippen MR) is 32.2 cm³/mol. The number of alkyl halides is 1. The summed E-state index contributed by atoms with van der Waals surface area (Å²) in [5, 5.41) is 0. The molecule has 0 saturated heterocycles. The molecule has 0 rings (SSSR count). The number of hydrogen-bond donors (Lipinski definition) is 2. The third-order valence-electron chi connectivity index (χ3n) is 0. The minimum Gasteiger partial charge on any atom is -0.146 e. The van der Waals surface area contributed by atoms with Crippen LogP contribution >= 0.6 is 36.9 Å². The van der Waals surface area contributed by atoms with E-state index < -0.39 is 3.54 Å². The van der Waals surface area contributed by atoms with Crippen LogP contribution in [0.3, 0.4) is 0 Å². The first kappa shape index (κ1) is 5.99. The van der Waals surface area contributed by atoms with Crippen LogP contribution < -0.4 is 0 Å². The molecular weight excluding hydrogens is 124 g/mol. The van der Waals surface area contributed by atoms with E-state index in [1.54, 1.807) is 6.92 Å². The Morgan fingerprint density at radius 3 is 1.60 bits per heavy atom.